The molecule has 0 radical (unpaired) electrons. The van der Waals surface area contributed by atoms with Gasteiger partial charge in [-0.3, -0.25) is 9.59 Å². The molecule has 42 heavy (non-hydrogen) atoms. The van der Waals surface area contributed by atoms with Gasteiger partial charge in [-0.05, 0) is 54.1 Å². The number of methoxy groups -OCH3 is 1. The third-order valence-electron chi connectivity index (χ3n) is 6.63. The maximum absolute atomic E-state index is 14.5. The van der Waals surface area contributed by atoms with Crippen LogP contribution in [0.5, 0.6) is 5.75 Å². The first-order valence-electron chi connectivity index (χ1n) is 12.1. The number of rotatable bonds is 6. The number of alkyl halides is 3. The van der Waals surface area contributed by atoms with Crippen molar-refractivity contribution in [3.05, 3.63) is 122 Å². The number of anilines is 1. The fourth-order valence-electron chi connectivity index (χ4n) is 4.72. The molecule has 216 valence electrons. The summed E-state index contributed by atoms with van der Waals surface area (Å²) in [5, 5.41) is 2.28. The molecule has 1 unspecified atom stereocenters. The molecule has 0 saturated carbocycles. The average molecular weight is 622 g/mol. The summed E-state index contributed by atoms with van der Waals surface area (Å²) in [7, 11) is 1.50. The van der Waals surface area contributed by atoms with Crippen molar-refractivity contribution in [3.8, 4) is 5.75 Å². The number of ether oxygens (including phenoxy) is 1. The van der Waals surface area contributed by atoms with Gasteiger partial charge in [0.2, 0.25) is 0 Å². The first kappa shape index (κ1) is 29.3. The standard InChI is InChI=1S/C29H18Cl2F5N3O3/c1-42-19-5-2-14(3-6-19)13-39-25(20-11-17(32)4-7-21(20)30)23-22(12-37-26(31)24(23)28(39)41)38-27(40)15-8-16(29(34,35)36)10-18(33)9-15/h2-12,25H,13H2,1H3,(H,38,40). The Morgan fingerprint density at radius 2 is 1.74 bits per heavy atom. The molecular formula is C29H18Cl2F5N3O3. The number of amides is 2. The molecule has 0 saturated heterocycles. The lowest BCUT2D eigenvalue weighted by Gasteiger charge is -2.27. The summed E-state index contributed by atoms with van der Waals surface area (Å²) in [5.74, 6) is -3.10. The average Bonchev–Trinajstić information content (AvgIpc) is 3.23. The molecule has 0 bridgehead atoms. The predicted molar refractivity (Wildman–Crippen MR) is 145 cm³/mol. The van der Waals surface area contributed by atoms with Gasteiger partial charge in [0.1, 0.15) is 22.5 Å². The minimum Gasteiger partial charge on any atom is -0.497 e. The minimum atomic E-state index is -4.91. The highest BCUT2D eigenvalue weighted by molar-refractivity contribution is 6.34. The van der Waals surface area contributed by atoms with Crippen molar-refractivity contribution in [2.24, 2.45) is 0 Å². The van der Waals surface area contributed by atoms with Gasteiger partial charge in [0.15, 0.2) is 0 Å². The first-order valence-corrected chi connectivity index (χ1v) is 12.9. The lowest BCUT2D eigenvalue weighted by molar-refractivity contribution is -0.137. The van der Waals surface area contributed by atoms with Crippen molar-refractivity contribution < 1.29 is 36.3 Å². The third-order valence-corrected chi connectivity index (χ3v) is 7.26. The van der Waals surface area contributed by atoms with Gasteiger partial charge in [-0.15, -0.1) is 0 Å². The Bertz CT molecular complexity index is 1710. The van der Waals surface area contributed by atoms with E-state index in [9.17, 15) is 31.5 Å². The predicted octanol–water partition coefficient (Wildman–Crippen LogP) is 7.69. The van der Waals surface area contributed by atoms with E-state index in [4.69, 9.17) is 27.9 Å². The van der Waals surface area contributed by atoms with E-state index in [1.807, 2.05) is 0 Å². The van der Waals surface area contributed by atoms with Gasteiger partial charge < -0.3 is 15.0 Å². The number of nitrogens with one attached hydrogen (secondary N) is 1. The van der Waals surface area contributed by atoms with Gasteiger partial charge >= 0.3 is 6.18 Å². The highest BCUT2D eigenvalue weighted by atomic mass is 35.5. The van der Waals surface area contributed by atoms with Gasteiger partial charge in [-0.2, -0.15) is 13.2 Å². The van der Waals surface area contributed by atoms with E-state index in [1.54, 1.807) is 24.3 Å². The van der Waals surface area contributed by atoms with Crippen molar-refractivity contribution in [2.45, 2.75) is 18.8 Å². The number of hydrogen-bond donors (Lipinski definition) is 1. The molecule has 2 heterocycles. The Kier molecular flexibility index (Phi) is 7.82. The number of hydrogen-bond acceptors (Lipinski definition) is 4. The van der Waals surface area contributed by atoms with Crippen LogP contribution in [0.25, 0.3) is 0 Å². The number of pyridine rings is 1. The molecule has 1 N–H and O–H groups in total. The van der Waals surface area contributed by atoms with Crippen LogP contribution in [0.2, 0.25) is 10.2 Å². The number of halogens is 7. The Hall–Kier alpha value is -4.22. The summed E-state index contributed by atoms with van der Waals surface area (Å²) < 4.78 is 73.5. The Morgan fingerprint density at radius 1 is 1.02 bits per heavy atom. The van der Waals surface area contributed by atoms with Crippen LogP contribution in [-0.2, 0) is 12.7 Å². The summed E-state index contributed by atoms with van der Waals surface area (Å²) in [6, 6.07) is 10.6. The highest BCUT2D eigenvalue weighted by Crippen LogP contribution is 2.47. The van der Waals surface area contributed by atoms with E-state index in [1.165, 1.54) is 18.1 Å². The topological polar surface area (TPSA) is 71.5 Å². The molecule has 6 nitrogen and oxygen atoms in total. The molecule has 0 spiro atoms. The molecule has 5 rings (SSSR count). The molecule has 4 aromatic rings. The van der Waals surface area contributed by atoms with Gasteiger partial charge in [0.25, 0.3) is 11.8 Å². The maximum atomic E-state index is 14.5. The zero-order valence-corrected chi connectivity index (χ0v) is 22.9. The second kappa shape index (κ2) is 11.2. The number of benzene rings is 3. The number of carbonyl (C=O) groups excluding carboxylic acids is 2. The monoisotopic (exact) mass is 621 g/mol. The molecule has 1 aliphatic heterocycles. The molecule has 1 aliphatic rings. The van der Waals surface area contributed by atoms with Gasteiger partial charge in [0.05, 0.1) is 36.2 Å². The SMILES string of the molecule is COc1ccc(CN2C(=O)c3c(Cl)ncc(NC(=O)c4cc(F)cc(C(F)(F)F)c4)c3C2c2cc(F)ccc2Cl)cc1. The van der Waals surface area contributed by atoms with Crippen LogP contribution in [0.1, 0.15) is 49.0 Å². The zero-order chi connectivity index (χ0) is 30.3. The van der Waals surface area contributed by atoms with Crippen LogP contribution >= 0.6 is 23.2 Å². The van der Waals surface area contributed by atoms with Gasteiger partial charge in [-0.1, -0.05) is 35.3 Å². The maximum Gasteiger partial charge on any atom is 0.416 e. The van der Waals surface area contributed by atoms with E-state index in [2.05, 4.69) is 10.3 Å². The van der Waals surface area contributed by atoms with Crippen molar-refractivity contribution >= 4 is 40.7 Å². The van der Waals surface area contributed by atoms with Crippen molar-refractivity contribution in [1.82, 2.24) is 9.88 Å². The van der Waals surface area contributed by atoms with E-state index in [0.29, 0.717) is 23.4 Å². The second-order valence-corrected chi connectivity index (χ2v) is 10.0. The number of aromatic nitrogens is 1. The summed E-state index contributed by atoms with van der Waals surface area (Å²) in [6.07, 6.45) is -3.80. The lowest BCUT2D eigenvalue weighted by atomic mass is 9.96. The van der Waals surface area contributed by atoms with E-state index >= 15 is 0 Å². The Balaban J connectivity index is 1.62. The van der Waals surface area contributed by atoms with E-state index in [0.717, 1.165) is 18.3 Å². The minimum absolute atomic E-state index is 0.0163. The molecule has 2 amide bonds. The normalized spacial score (nSPS) is 14.6. The summed E-state index contributed by atoms with van der Waals surface area (Å²) in [5.41, 5.74) is -1.34. The highest BCUT2D eigenvalue weighted by Gasteiger charge is 2.43. The van der Waals surface area contributed by atoms with Gasteiger partial charge in [-0.25, -0.2) is 13.8 Å². The van der Waals surface area contributed by atoms with Crippen LogP contribution in [0, 0.1) is 11.6 Å². The van der Waals surface area contributed by atoms with Crippen LogP contribution in [0.3, 0.4) is 0 Å². The van der Waals surface area contributed by atoms with Crippen molar-refractivity contribution in [2.75, 3.05) is 12.4 Å². The third kappa shape index (κ3) is 5.62. The Labute approximate surface area is 245 Å². The largest absolute Gasteiger partial charge is 0.497 e. The number of carbonyl (C=O) groups is 2. The van der Waals surface area contributed by atoms with Crippen molar-refractivity contribution in [1.29, 1.82) is 0 Å². The van der Waals surface area contributed by atoms with E-state index in [-0.39, 0.29) is 45.2 Å². The van der Waals surface area contributed by atoms with Crippen LogP contribution < -0.4 is 10.1 Å². The van der Waals surface area contributed by atoms with Crippen LogP contribution in [-0.4, -0.2) is 28.8 Å². The summed E-state index contributed by atoms with van der Waals surface area (Å²) >= 11 is 12.8. The summed E-state index contributed by atoms with van der Waals surface area (Å²) in [4.78, 5) is 32.2. The number of nitrogens with zero attached hydrogens (tertiary/aromatic N) is 2. The lowest BCUT2D eigenvalue weighted by Crippen LogP contribution is -2.29. The molecule has 3 aromatic carbocycles. The zero-order valence-electron chi connectivity index (χ0n) is 21.4. The molecule has 1 aromatic heterocycles. The molecular weight excluding hydrogens is 604 g/mol. The van der Waals surface area contributed by atoms with Crippen LogP contribution in [0.15, 0.2) is 66.9 Å². The fraction of sp³-hybridized carbons (Fsp3) is 0.138. The van der Waals surface area contributed by atoms with E-state index < -0.39 is 46.8 Å². The molecule has 13 heteroatoms. The summed E-state index contributed by atoms with van der Waals surface area (Å²) in [6.45, 7) is -0.0163. The second-order valence-electron chi connectivity index (χ2n) is 9.28. The Morgan fingerprint density at radius 3 is 2.40 bits per heavy atom. The van der Waals surface area contributed by atoms with Gasteiger partial charge in [0, 0.05) is 28.3 Å². The van der Waals surface area contributed by atoms with Crippen molar-refractivity contribution in [3.63, 3.8) is 0 Å². The number of fused-ring (bicyclic) bond motifs is 1. The first-order chi connectivity index (χ1) is 19.9. The quantitative estimate of drug-likeness (QED) is 0.177. The van der Waals surface area contributed by atoms with Crippen LogP contribution in [0.4, 0.5) is 27.6 Å². The molecule has 0 fully saturated rings. The fourth-order valence-corrected chi connectivity index (χ4v) is 5.17. The molecule has 1 atom stereocenters. The smallest absolute Gasteiger partial charge is 0.416 e. The molecule has 0 aliphatic carbocycles.